The number of amides is 1. The number of rotatable bonds is 6. The van der Waals surface area contributed by atoms with Crippen molar-refractivity contribution >= 4 is 21.6 Å². The van der Waals surface area contributed by atoms with Crippen molar-refractivity contribution in [2.45, 2.75) is 37.0 Å². The SMILES string of the molecule is CC[C@@H](C(=O)Nc1ccc(S(=O)(=O)N2CCCC2)cc1)c1ccccc1. The van der Waals surface area contributed by atoms with Crippen molar-refractivity contribution in [1.82, 2.24) is 4.31 Å². The first-order valence-electron chi connectivity index (χ1n) is 8.98. The molecule has 6 heteroatoms. The highest BCUT2D eigenvalue weighted by Crippen LogP contribution is 2.24. The number of hydrogen-bond acceptors (Lipinski definition) is 3. The third-order valence-electron chi connectivity index (χ3n) is 4.75. The van der Waals surface area contributed by atoms with E-state index in [9.17, 15) is 13.2 Å². The average molecular weight is 372 g/mol. The molecule has 1 atom stereocenters. The number of carbonyl (C=O) groups is 1. The summed E-state index contributed by atoms with van der Waals surface area (Å²) in [5.74, 6) is -0.321. The summed E-state index contributed by atoms with van der Waals surface area (Å²) in [5, 5.41) is 2.89. The van der Waals surface area contributed by atoms with Crippen LogP contribution in [-0.4, -0.2) is 31.7 Å². The van der Waals surface area contributed by atoms with Crippen LogP contribution in [0.5, 0.6) is 0 Å². The molecule has 1 heterocycles. The van der Waals surface area contributed by atoms with Gasteiger partial charge < -0.3 is 5.32 Å². The maximum absolute atomic E-state index is 12.6. The summed E-state index contributed by atoms with van der Waals surface area (Å²) in [7, 11) is -3.43. The second-order valence-electron chi connectivity index (χ2n) is 6.50. The first-order valence-corrected chi connectivity index (χ1v) is 10.4. The van der Waals surface area contributed by atoms with Gasteiger partial charge in [-0.3, -0.25) is 4.79 Å². The molecule has 2 aromatic carbocycles. The molecule has 1 saturated heterocycles. The van der Waals surface area contributed by atoms with Gasteiger partial charge in [0, 0.05) is 18.8 Å². The number of anilines is 1. The first kappa shape index (κ1) is 18.6. The first-order chi connectivity index (χ1) is 12.5. The van der Waals surface area contributed by atoms with Crippen molar-refractivity contribution in [2.24, 2.45) is 0 Å². The van der Waals surface area contributed by atoms with Crippen molar-refractivity contribution < 1.29 is 13.2 Å². The number of nitrogens with one attached hydrogen (secondary N) is 1. The van der Waals surface area contributed by atoms with Crippen LogP contribution in [0.2, 0.25) is 0 Å². The minimum atomic E-state index is -3.43. The maximum Gasteiger partial charge on any atom is 0.243 e. The number of carbonyl (C=O) groups excluding carboxylic acids is 1. The molecule has 0 unspecified atom stereocenters. The van der Waals surface area contributed by atoms with Gasteiger partial charge in [-0.25, -0.2) is 8.42 Å². The van der Waals surface area contributed by atoms with E-state index in [4.69, 9.17) is 0 Å². The Labute approximate surface area is 155 Å². The van der Waals surface area contributed by atoms with Gasteiger partial charge in [0.05, 0.1) is 10.8 Å². The van der Waals surface area contributed by atoms with Gasteiger partial charge in [0.25, 0.3) is 0 Å². The second-order valence-corrected chi connectivity index (χ2v) is 8.43. The lowest BCUT2D eigenvalue weighted by Crippen LogP contribution is -2.27. The minimum Gasteiger partial charge on any atom is -0.326 e. The van der Waals surface area contributed by atoms with Crippen molar-refractivity contribution in [2.75, 3.05) is 18.4 Å². The van der Waals surface area contributed by atoms with Crippen LogP contribution in [0.15, 0.2) is 59.5 Å². The molecule has 1 amide bonds. The standard InChI is InChI=1S/C20H24N2O3S/c1-2-19(16-8-4-3-5-9-16)20(23)21-17-10-12-18(13-11-17)26(24,25)22-14-6-7-15-22/h3-5,8-13,19H,2,6-7,14-15H2,1H3,(H,21,23)/t19-/m1/s1. The van der Waals surface area contributed by atoms with Crippen LogP contribution >= 0.6 is 0 Å². The van der Waals surface area contributed by atoms with E-state index >= 15 is 0 Å². The van der Waals surface area contributed by atoms with E-state index in [1.165, 1.54) is 4.31 Å². The molecule has 26 heavy (non-hydrogen) atoms. The molecule has 1 aliphatic heterocycles. The molecular weight excluding hydrogens is 348 g/mol. The predicted molar refractivity (Wildman–Crippen MR) is 103 cm³/mol. The van der Waals surface area contributed by atoms with E-state index in [-0.39, 0.29) is 16.7 Å². The molecule has 1 aliphatic rings. The molecular formula is C20H24N2O3S. The zero-order valence-electron chi connectivity index (χ0n) is 14.9. The number of hydrogen-bond donors (Lipinski definition) is 1. The van der Waals surface area contributed by atoms with E-state index in [0.717, 1.165) is 18.4 Å². The van der Waals surface area contributed by atoms with Gasteiger partial charge in [-0.1, -0.05) is 37.3 Å². The summed E-state index contributed by atoms with van der Waals surface area (Å²) < 4.78 is 26.6. The molecule has 0 radical (unpaired) electrons. The highest BCUT2D eigenvalue weighted by atomic mass is 32.2. The van der Waals surface area contributed by atoms with Crippen LogP contribution in [-0.2, 0) is 14.8 Å². The topological polar surface area (TPSA) is 66.5 Å². The third kappa shape index (κ3) is 3.97. The van der Waals surface area contributed by atoms with Crippen molar-refractivity contribution in [1.29, 1.82) is 0 Å². The molecule has 5 nitrogen and oxygen atoms in total. The van der Waals surface area contributed by atoms with Crippen molar-refractivity contribution in [3.8, 4) is 0 Å². The zero-order valence-corrected chi connectivity index (χ0v) is 15.7. The normalized spacial score (nSPS) is 16.3. The maximum atomic E-state index is 12.6. The highest BCUT2D eigenvalue weighted by Gasteiger charge is 2.27. The lowest BCUT2D eigenvalue weighted by molar-refractivity contribution is -0.117. The third-order valence-corrected chi connectivity index (χ3v) is 6.66. The largest absolute Gasteiger partial charge is 0.326 e. The van der Waals surface area contributed by atoms with Gasteiger partial charge >= 0.3 is 0 Å². The van der Waals surface area contributed by atoms with Gasteiger partial charge in [0.2, 0.25) is 15.9 Å². The second kappa shape index (κ2) is 8.01. The zero-order chi connectivity index (χ0) is 18.6. The van der Waals surface area contributed by atoms with Crippen LogP contribution in [0.25, 0.3) is 0 Å². The summed E-state index contributed by atoms with van der Waals surface area (Å²) in [6.45, 7) is 3.13. The van der Waals surface area contributed by atoms with E-state index < -0.39 is 10.0 Å². The highest BCUT2D eigenvalue weighted by molar-refractivity contribution is 7.89. The van der Waals surface area contributed by atoms with Crippen molar-refractivity contribution in [3.05, 3.63) is 60.2 Å². The minimum absolute atomic E-state index is 0.0890. The number of sulfonamides is 1. The van der Waals surface area contributed by atoms with Gasteiger partial charge in [-0.15, -0.1) is 0 Å². The molecule has 1 fully saturated rings. The molecule has 0 saturated carbocycles. The van der Waals surface area contributed by atoms with Crippen LogP contribution in [0.3, 0.4) is 0 Å². The molecule has 1 N–H and O–H groups in total. The van der Waals surface area contributed by atoms with E-state index in [0.29, 0.717) is 25.2 Å². The average Bonchev–Trinajstić information content (AvgIpc) is 3.19. The molecule has 0 bridgehead atoms. The lowest BCUT2D eigenvalue weighted by Gasteiger charge is -2.17. The quantitative estimate of drug-likeness (QED) is 0.842. The summed E-state index contributed by atoms with van der Waals surface area (Å²) >= 11 is 0. The smallest absolute Gasteiger partial charge is 0.243 e. The Morgan fingerprint density at radius 1 is 1.04 bits per heavy atom. The fourth-order valence-corrected chi connectivity index (χ4v) is 4.79. The van der Waals surface area contributed by atoms with E-state index in [1.807, 2.05) is 37.3 Å². The van der Waals surface area contributed by atoms with Gasteiger partial charge in [-0.2, -0.15) is 4.31 Å². The molecule has 2 aromatic rings. The summed E-state index contributed by atoms with van der Waals surface area (Å²) in [4.78, 5) is 12.9. The molecule has 3 rings (SSSR count). The fourth-order valence-electron chi connectivity index (χ4n) is 3.27. The van der Waals surface area contributed by atoms with Gasteiger partial charge in [-0.05, 0) is 49.1 Å². The molecule has 0 spiro atoms. The fraction of sp³-hybridized carbons (Fsp3) is 0.350. The monoisotopic (exact) mass is 372 g/mol. The summed E-state index contributed by atoms with van der Waals surface area (Å²) in [6.07, 6.45) is 2.51. The van der Waals surface area contributed by atoms with Crippen LogP contribution < -0.4 is 5.32 Å². The molecule has 0 aromatic heterocycles. The summed E-state index contributed by atoms with van der Waals surface area (Å²) in [5.41, 5.74) is 1.57. The Balaban J connectivity index is 1.72. The van der Waals surface area contributed by atoms with Crippen molar-refractivity contribution in [3.63, 3.8) is 0 Å². The van der Waals surface area contributed by atoms with Crippen LogP contribution in [0.4, 0.5) is 5.69 Å². The Kier molecular flexibility index (Phi) is 5.74. The van der Waals surface area contributed by atoms with Gasteiger partial charge in [0.15, 0.2) is 0 Å². The van der Waals surface area contributed by atoms with E-state index in [2.05, 4.69) is 5.32 Å². The number of benzene rings is 2. The van der Waals surface area contributed by atoms with Gasteiger partial charge in [0.1, 0.15) is 0 Å². The summed E-state index contributed by atoms with van der Waals surface area (Å²) in [6, 6.07) is 16.1. The Morgan fingerprint density at radius 3 is 2.23 bits per heavy atom. The predicted octanol–water partition coefficient (Wildman–Crippen LogP) is 3.60. The Morgan fingerprint density at radius 2 is 1.65 bits per heavy atom. The lowest BCUT2D eigenvalue weighted by atomic mass is 9.95. The van der Waals surface area contributed by atoms with Crippen LogP contribution in [0, 0.1) is 0 Å². The van der Waals surface area contributed by atoms with Crippen LogP contribution in [0.1, 0.15) is 37.7 Å². The number of nitrogens with zero attached hydrogens (tertiary/aromatic N) is 1. The molecule has 0 aliphatic carbocycles. The van der Waals surface area contributed by atoms with E-state index in [1.54, 1.807) is 24.3 Å². The Hall–Kier alpha value is -2.18. The molecule has 138 valence electrons. The Bertz CT molecular complexity index is 842.